The van der Waals surface area contributed by atoms with E-state index in [-0.39, 0.29) is 5.75 Å². The smallest absolute Gasteiger partial charge is 0.422 e. The van der Waals surface area contributed by atoms with Crippen LogP contribution in [0.1, 0.15) is 22.6 Å². The summed E-state index contributed by atoms with van der Waals surface area (Å²) in [4.78, 5) is 23.7. The molecule has 0 fully saturated rings. The number of methoxy groups -OCH3 is 2. The van der Waals surface area contributed by atoms with E-state index in [2.05, 4.69) is 14.2 Å². The first-order chi connectivity index (χ1) is 10.6. The number of esters is 2. The van der Waals surface area contributed by atoms with Gasteiger partial charge in [-0.1, -0.05) is 0 Å². The van der Waals surface area contributed by atoms with Crippen LogP contribution in [0.3, 0.4) is 0 Å². The van der Waals surface area contributed by atoms with Gasteiger partial charge in [-0.25, -0.2) is 0 Å². The van der Waals surface area contributed by atoms with Crippen LogP contribution in [-0.4, -0.2) is 38.9 Å². The Morgan fingerprint density at radius 2 is 1.48 bits per heavy atom. The molecular formula is C15H17F3O5. The fourth-order valence-electron chi connectivity index (χ4n) is 2.21. The molecule has 0 aromatic heterocycles. The van der Waals surface area contributed by atoms with Crippen LogP contribution in [0.4, 0.5) is 13.2 Å². The Balaban J connectivity index is 3.21. The van der Waals surface area contributed by atoms with E-state index in [1.54, 1.807) is 13.8 Å². The number of hydrogen-bond acceptors (Lipinski definition) is 5. The molecule has 0 amide bonds. The van der Waals surface area contributed by atoms with Crippen LogP contribution in [0.25, 0.3) is 0 Å². The topological polar surface area (TPSA) is 61.8 Å². The molecule has 0 aliphatic carbocycles. The summed E-state index contributed by atoms with van der Waals surface area (Å²) in [6.45, 7) is 1.69. The fourth-order valence-corrected chi connectivity index (χ4v) is 2.21. The highest BCUT2D eigenvalue weighted by molar-refractivity contribution is 6.01. The Hall–Kier alpha value is -2.25. The van der Waals surface area contributed by atoms with Crippen LogP contribution in [0.15, 0.2) is 12.1 Å². The second-order valence-electron chi connectivity index (χ2n) is 4.85. The molecule has 128 valence electrons. The number of benzene rings is 1. The van der Waals surface area contributed by atoms with Gasteiger partial charge in [0.2, 0.25) is 0 Å². The van der Waals surface area contributed by atoms with Gasteiger partial charge in [0.25, 0.3) is 0 Å². The SMILES string of the molecule is COC(=O)C(C(=O)OC)c1c(C)cc(OCC(F)(F)F)cc1C. The van der Waals surface area contributed by atoms with Gasteiger partial charge in [-0.3, -0.25) is 9.59 Å². The first-order valence-corrected chi connectivity index (χ1v) is 6.57. The zero-order valence-electron chi connectivity index (χ0n) is 13.1. The second-order valence-corrected chi connectivity index (χ2v) is 4.85. The van der Waals surface area contributed by atoms with Crippen molar-refractivity contribution >= 4 is 11.9 Å². The van der Waals surface area contributed by atoms with Gasteiger partial charge in [-0.2, -0.15) is 13.2 Å². The highest BCUT2D eigenvalue weighted by Crippen LogP contribution is 2.30. The zero-order chi connectivity index (χ0) is 17.8. The minimum Gasteiger partial charge on any atom is -0.484 e. The van der Waals surface area contributed by atoms with Crippen molar-refractivity contribution in [1.29, 1.82) is 0 Å². The van der Waals surface area contributed by atoms with E-state index in [4.69, 9.17) is 0 Å². The Morgan fingerprint density at radius 3 is 1.83 bits per heavy atom. The Kier molecular flexibility index (Phi) is 6.00. The summed E-state index contributed by atoms with van der Waals surface area (Å²) >= 11 is 0. The van der Waals surface area contributed by atoms with E-state index in [9.17, 15) is 22.8 Å². The molecule has 0 heterocycles. The second kappa shape index (κ2) is 7.34. The van der Waals surface area contributed by atoms with Crippen molar-refractivity contribution in [3.8, 4) is 5.75 Å². The van der Waals surface area contributed by atoms with E-state index in [0.29, 0.717) is 16.7 Å². The van der Waals surface area contributed by atoms with Crippen LogP contribution in [0.5, 0.6) is 5.75 Å². The van der Waals surface area contributed by atoms with Gasteiger partial charge in [-0.05, 0) is 42.7 Å². The predicted octanol–water partition coefficient (Wildman–Crippen LogP) is 2.67. The summed E-state index contributed by atoms with van der Waals surface area (Å²) in [7, 11) is 2.26. The largest absolute Gasteiger partial charge is 0.484 e. The molecular weight excluding hydrogens is 317 g/mol. The third-order valence-corrected chi connectivity index (χ3v) is 3.13. The summed E-state index contributed by atoms with van der Waals surface area (Å²) in [6.07, 6.45) is -4.46. The average Bonchev–Trinajstić information content (AvgIpc) is 2.46. The van der Waals surface area contributed by atoms with Gasteiger partial charge < -0.3 is 14.2 Å². The fraction of sp³-hybridized carbons (Fsp3) is 0.467. The molecule has 1 aromatic rings. The van der Waals surface area contributed by atoms with Gasteiger partial charge in [0.05, 0.1) is 14.2 Å². The summed E-state index contributed by atoms with van der Waals surface area (Å²) in [5.74, 6) is -2.93. The number of hydrogen-bond donors (Lipinski definition) is 0. The molecule has 5 nitrogen and oxygen atoms in total. The molecule has 0 bridgehead atoms. The lowest BCUT2D eigenvalue weighted by Gasteiger charge is -2.19. The number of alkyl halides is 3. The van der Waals surface area contributed by atoms with Crippen molar-refractivity contribution in [2.45, 2.75) is 25.9 Å². The van der Waals surface area contributed by atoms with Crippen molar-refractivity contribution < 1.29 is 37.0 Å². The van der Waals surface area contributed by atoms with Gasteiger partial charge in [0.15, 0.2) is 12.5 Å². The number of halogens is 3. The minimum absolute atomic E-state index is 0.00504. The van der Waals surface area contributed by atoms with E-state index >= 15 is 0 Å². The van der Waals surface area contributed by atoms with Crippen LogP contribution in [0, 0.1) is 13.8 Å². The molecule has 0 N–H and O–H groups in total. The third kappa shape index (κ3) is 4.87. The van der Waals surface area contributed by atoms with Gasteiger partial charge >= 0.3 is 18.1 Å². The van der Waals surface area contributed by atoms with Crippen LogP contribution in [-0.2, 0) is 19.1 Å². The van der Waals surface area contributed by atoms with Gasteiger partial charge in [-0.15, -0.1) is 0 Å². The maximum absolute atomic E-state index is 12.2. The molecule has 1 aromatic carbocycles. The third-order valence-electron chi connectivity index (χ3n) is 3.13. The first-order valence-electron chi connectivity index (χ1n) is 6.57. The molecule has 1 rings (SSSR count). The van der Waals surface area contributed by atoms with Crippen molar-refractivity contribution in [3.63, 3.8) is 0 Å². The van der Waals surface area contributed by atoms with E-state index < -0.39 is 30.6 Å². The molecule has 0 atom stereocenters. The first kappa shape index (κ1) is 18.8. The molecule has 0 spiro atoms. The zero-order valence-corrected chi connectivity index (χ0v) is 13.1. The Labute approximate surface area is 131 Å². The van der Waals surface area contributed by atoms with Crippen molar-refractivity contribution in [2.75, 3.05) is 20.8 Å². The molecule has 0 unspecified atom stereocenters. The minimum atomic E-state index is -4.46. The van der Waals surface area contributed by atoms with Crippen LogP contribution >= 0.6 is 0 Å². The van der Waals surface area contributed by atoms with E-state index in [1.807, 2.05) is 0 Å². The van der Waals surface area contributed by atoms with Crippen LogP contribution < -0.4 is 4.74 Å². The van der Waals surface area contributed by atoms with Crippen LogP contribution in [0.2, 0.25) is 0 Å². The molecule has 0 aliphatic heterocycles. The summed E-state index contributed by atoms with van der Waals surface area (Å²) in [5, 5.41) is 0. The van der Waals surface area contributed by atoms with E-state index in [0.717, 1.165) is 14.2 Å². The van der Waals surface area contributed by atoms with Crippen molar-refractivity contribution in [3.05, 3.63) is 28.8 Å². The Bertz CT molecular complexity index is 556. The predicted molar refractivity (Wildman–Crippen MR) is 74.2 cm³/mol. The molecule has 23 heavy (non-hydrogen) atoms. The molecule has 0 aliphatic rings. The van der Waals surface area contributed by atoms with Gasteiger partial charge in [0, 0.05) is 0 Å². The van der Waals surface area contributed by atoms with Crippen molar-refractivity contribution in [1.82, 2.24) is 0 Å². The summed E-state index contributed by atoms with van der Waals surface area (Å²) in [6, 6.07) is 2.65. The molecule has 8 heteroatoms. The summed E-state index contributed by atoms with van der Waals surface area (Å²) < 4.78 is 50.5. The number of aryl methyl sites for hydroxylation is 2. The quantitative estimate of drug-likeness (QED) is 0.612. The standard InChI is InChI=1S/C15H17F3O5/c1-8-5-10(23-7-15(16,17)18)6-9(2)11(8)12(13(19)21-3)14(20)22-4/h5-6,12H,7H2,1-4H3. The highest BCUT2D eigenvalue weighted by Gasteiger charge is 2.34. The normalized spacial score (nSPS) is 11.3. The lowest BCUT2D eigenvalue weighted by Crippen LogP contribution is -2.26. The molecule has 0 saturated heterocycles. The number of carbonyl (C=O) groups is 2. The molecule has 0 radical (unpaired) electrons. The number of ether oxygens (including phenoxy) is 3. The van der Waals surface area contributed by atoms with Crippen molar-refractivity contribution in [2.24, 2.45) is 0 Å². The summed E-state index contributed by atoms with van der Waals surface area (Å²) in [5.41, 5.74) is 1.16. The van der Waals surface area contributed by atoms with Gasteiger partial charge in [0.1, 0.15) is 5.75 Å². The Morgan fingerprint density at radius 1 is 1.04 bits per heavy atom. The average molecular weight is 334 g/mol. The highest BCUT2D eigenvalue weighted by atomic mass is 19.4. The molecule has 0 saturated carbocycles. The monoisotopic (exact) mass is 334 g/mol. The maximum atomic E-state index is 12.2. The number of carbonyl (C=O) groups excluding carboxylic acids is 2. The maximum Gasteiger partial charge on any atom is 0.422 e. The van der Waals surface area contributed by atoms with E-state index in [1.165, 1.54) is 12.1 Å². The lowest BCUT2D eigenvalue weighted by atomic mass is 9.90. The lowest BCUT2D eigenvalue weighted by molar-refractivity contribution is -0.154. The number of rotatable bonds is 5.